The third-order valence-corrected chi connectivity index (χ3v) is 3.92. The van der Waals surface area contributed by atoms with Crippen LogP contribution in [0.5, 0.6) is 0 Å². The summed E-state index contributed by atoms with van der Waals surface area (Å²) >= 11 is 0. The van der Waals surface area contributed by atoms with Gasteiger partial charge in [0.05, 0.1) is 12.6 Å². The largest absolute Gasteiger partial charge is 0.463 e. The van der Waals surface area contributed by atoms with Gasteiger partial charge in [-0.25, -0.2) is 4.79 Å². The van der Waals surface area contributed by atoms with Crippen LogP contribution in [0.1, 0.15) is 37.9 Å². The highest BCUT2D eigenvalue weighted by atomic mass is 16.5. The van der Waals surface area contributed by atoms with Crippen molar-refractivity contribution in [3.8, 4) is 0 Å². The second-order valence-corrected chi connectivity index (χ2v) is 5.60. The van der Waals surface area contributed by atoms with E-state index < -0.39 is 17.9 Å². The van der Waals surface area contributed by atoms with Crippen LogP contribution in [0, 0.1) is 5.92 Å². The number of benzene rings is 1. The highest BCUT2D eigenvalue weighted by molar-refractivity contribution is 6.01. The van der Waals surface area contributed by atoms with Gasteiger partial charge in [-0.1, -0.05) is 24.3 Å². The third-order valence-electron chi connectivity index (χ3n) is 3.92. The van der Waals surface area contributed by atoms with Gasteiger partial charge in [-0.2, -0.15) is 0 Å². The molecule has 1 aromatic rings. The Balaban J connectivity index is 2.44. The van der Waals surface area contributed by atoms with Crippen LogP contribution in [0.15, 0.2) is 42.7 Å². The minimum absolute atomic E-state index is 0.202. The average Bonchev–Trinajstić information content (AvgIpc) is 2.53. The Kier molecular flexibility index (Phi) is 5.68. The first-order valence-electron chi connectivity index (χ1n) is 7.86. The van der Waals surface area contributed by atoms with E-state index in [1.165, 1.54) is 19.9 Å². The van der Waals surface area contributed by atoms with E-state index in [1.54, 1.807) is 24.2 Å². The highest BCUT2D eigenvalue weighted by Crippen LogP contribution is 2.37. The molecule has 1 unspecified atom stereocenters. The van der Waals surface area contributed by atoms with Gasteiger partial charge in [0.15, 0.2) is 0 Å². The van der Waals surface area contributed by atoms with Crippen LogP contribution in [0.2, 0.25) is 0 Å². The monoisotopic (exact) mass is 327 g/mol. The molecule has 1 atom stereocenters. The summed E-state index contributed by atoms with van der Waals surface area (Å²) in [7, 11) is 0. The Morgan fingerprint density at radius 1 is 1.21 bits per heavy atom. The number of fused-ring (bicyclic) bond motifs is 1. The topological polar surface area (TPSA) is 63.7 Å². The van der Waals surface area contributed by atoms with Crippen LogP contribution in [0.3, 0.4) is 0 Å². The molecular weight excluding hydrogens is 306 g/mol. The van der Waals surface area contributed by atoms with E-state index in [2.05, 4.69) is 0 Å². The van der Waals surface area contributed by atoms with Crippen molar-refractivity contribution in [2.75, 3.05) is 6.61 Å². The molecule has 5 heteroatoms. The lowest BCUT2D eigenvalue weighted by molar-refractivity contribution is -0.137. The maximum atomic E-state index is 12.1. The molecule has 5 nitrogen and oxygen atoms in total. The molecule has 0 bridgehead atoms. The van der Waals surface area contributed by atoms with E-state index in [4.69, 9.17) is 4.74 Å². The van der Waals surface area contributed by atoms with E-state index in [9.17, 15) is 14.4 Å². The van der Waals surface area contributed by atoms with Crippen molar-refractivity contribution in [2.45, 2.75) is 26.8 Å². The molecular formula is C19H21NO4. The molecule has 0 N–H and O–H groups in total. The van der Waals surface area contributed by atoms with Crippen molar-refractivity contribution in [2.24, 2.45) is 5.92 Å². The Hall–Kier alpha value is -2.69. The SMILES string of the molecule is CCOC(=O)/C=C/N1C=Cc2ccccc2C1C(C(C)=O)C(C)=O. The number of esters is 1. The van der Waals surface area contributed by atoms with Crippen molar-refractivity contribution in [1.82, 2.24) is 4.90 Å². The quantitative estimate of drug-likeness (QED) is 0.457. The van der Waals surface area contributed by atoms with E-state index in [0.717, 1.165) is 11.1 Å². The van der Waals surface area contributed by atoms with Gasteiger partial charge >= 0.3 is 5.97 Å². The number of hydrogen-bond acceptors (Lipinski definition) is 5. The number of hydrogen-bond donors (Lipinski definition) is 0. The van der Waals surface area contributed by atoms with Crippen molar-refractivity contribution >= 4 is 23.6 Å². The lowest BCUT2D eigenvalue weighted by Crippen LogP contribution is -2.36. The highest BCUT2D eigenvalue weighted by Gasteiger charge is 2.36. The second-order valence-electron chi connectivity index (χ2n) is 5.60. The molecule has 1 heterocycles. The molecule has 0 radical (unpaired) electrons. The number of carbonyl (C=O) groups is 3. The van der Waals surface area contributed by atoms with Gasteiger partial charge in [0.2, 0.25) is 0 Å². The number of ketones is 2. The summed E-state index contributed by atoms with van der Waals surface area (Å²) in [6, 6.07) is 7.12. The smallest absolute Gasteiger partial charge is 0.332 e. The molecule has 24 heavy (non-hydrogen) atoms. The first-order chi connectivity index (χ1) is 11.5. The Labute approximate surface area is 141 Å². The van der Waals surface area contributed by atoms with Gasteiger partial charge in [0, 0.05) is 18.5 Å². The zero-order valence-corrected chi connectivity index (χ0v) is 14.1. The van der Waals surface area contributed by atoms with Gasteiger partial charge in [-0.05, 0) is 38.0 Å². The summed E-state index contributed by atoms with van der Waals surface area (Å²) in [5.74, 6) is -1.67. The molecule has 0 saturated carbocycles. The maximum absolute atomic E-state index is 12.1. The minimum atomic E-state index is -0.803. The minimum Gasteiger partial charge on any atom is -0.463 e. The summed E-state index contributed by atoms with van der Waals surface area (Å²) < 4.78 is 4.88. The maximum Gasteiger partial charge on any atom is 0.332 e. The zero-order valence-electron chi connectivity index (χ0n) is 14.1. The van der Waals surface area contributed by atoms with Crippen molar-refractivity contribution in [3.05, 3.63) is 53.9 Å². The lowest BCUT2D eigenvalue weighted by Gasteiger charge is -2.36. The summed E-state index contributed by atoms with van der Waals surface area (Å²) in [5, 5.41) is 0. The number of rotatable bonds is 6. The van der Waals surface area contributed by atoms with E-state index in [1.807, 2.05) is 30.3 Å². The van der Waals surface area contributed by atoms with E-state index in [0.29, 0.717) is 0 Å². The summed E-state index contributed by atoms with van der Waals surface area (Å²) in [5.41, 5.74) is 1.83. The molecule has 1 aliphatic heterocycles. The second kappa shape index (κ2) is 7.73. The molecule has 0 saturated heterocycles. The standard InChI is InChI=1S/C19H21NO4/c1-4-24-17(23)10-12-20-11-9-15-7-5-6-8-16(15)19(20)18(13(2)21)14(3)22/h5-12,18-19H,4H2,1-3H3/b12-10+. The van der Waals surface area contributed by atoms with Crippen molar-refractivity contribution in [1.29, 1.82) is 0 Å². The number of nitrogens with zero attached hydrogens (tertiary/aromatic N) is 1. The van der Waals surface area contributed by atoms with Gasteiger partial charge in [-0.15, -0.1) is 0 Å². The van der Waals surface area contributed by atoms with Crippen LogP contribution in [-0.2, 0) is 19.1 Å². The molecule has 0 fully saturated rings. The first kappa shape index (κ1) is 17.7. The van der Waals surface area contributed by atoms with Crippen LogP contribution in [0.4, 0.5) is 0 Å². The molecule has 0 amide bonds. The van der Waals surface area contributed by atoms with Crippen LogP contribution >= 0.6 is 0 Å². The van der Waals surface area contributed by atoms with E-state index in [-0.39, 0.29) is 18.2 Å². The fourth-order valence-electron chi connectivity index (χ4n) is 2.91. The van der Waals surface area contributed by atoms with Gasteiger partial charge in [0.1, 0.15) is 17.5 Å². The predicted molar refractivity (Wildman–Crippen MR) is 90.7 cm³/mol. The molecule has 126 valence electrons. The Bertz CT molecular complexity index is 691. The summed E-state index contributed by atoms with van der Waals surface area (Å²) in [6.07, 6.45) is 6.50. The summed E-state index contributed by atoms with van der Waals surface area (Å²) in [4.78, 5) is 37.5. The molecule has 1 aliphatic rings. The number of ether oxygens (including phenoxy) is 1. The fraction of sp³-hybridized carbons (Fsp3) is 0.316. The Morgan fingerprint density at radius 2 is 1.88 bits per heavy atom. The van der Waals surface area contributed by atoms with Gasteiger partial charge < -0.3 is 9.64 Å². The van der Waals surface area contributed by atoms with Crippen LogP contribution in [-0.4, -0.2) is 29.0 Å². The Morgan fingerprint density at radius 3 is 2.50 bits per heavy atom. The van der Waals surface area contributed by atoms with Crippen LogP contribution < -0.4 is 0 Å². The zero-order chi connectivity index (χ0) is 17.7. The number of Topliss-reactive ketones (excluding diaryl/α,β-unsaturated/α-hetero) is 2. The third kappa shape index (κ3) is 3.79. The predicted octanol–water partition coefficient (Wildman–Crippen LogP) is 2.89. The van der Waals surface area contributed by atoms with Crippen molar-refractivity contribution < 1.29 is 19.1 Å². The molecule has 0 aromatic heterocycles. The van der Waals surface area contributed by atoms with Gasteiger partial charge in [0.25, 0.3) is 0 Å². The lowest BCUT2D eigenvalue weighted by atomic mass is 9.83. The molecule has 1 aromatic carbocycles. The average molecular weight is 327 g/mol. The molecule has 0 aliphatic carbocycles. The first-order valence-corrected chi connectivity index (χ1v) is 7.86. The normalized spacial score (nSPS) is 16.3. The van der Waals surface area contributed by atoms with Crippen LogP contribution in [0.25, 0.3) is 6.08 Å². The molecule has 0 spiro atoms. The number of carbonyl (C=O) groups excluding carboxylic acids is 3. The van der Waals surface area contributed by atoms with Crippen molar-refractivity contribution in [3.63, 3.8) is 0 Å². The van der Waals surface area contributed by atoms with Gasteiger partial charge in [-0.3, -0.25) is 9.59 Å². The molecule has 2 rings (SSSR count). The van der Waals surface area contributed by atoms with E-state index >= 15 is 0 Å². The summed E-state index contributed by atoms with van der Waals surface area (Å²) in [6.45, 7) is 4.85. The fourth-order valence-corrected chi connectivity index (χ4v) is 2.91.